The van der Waals surface area contributed by atoms with Crippen molar-refractivity contribution in [2.45, 2.75) is 50.2 Å². The molecule has 1 atom stereocenters. The number of nitrogens with zero attached hydrogens (tertiary/aromatic N) is 2. The molecule has 3 N–H and O–H groups in total. The van der Waals surface area contributed by atoms with Crippen LogP contribution in [0.15, 0.2) is 18.2 Å². The van der Waals surface area contributed by atoms with Crippen molar-refractivity contribution >= 4 is 29.1 Å². The minimum atomic E-state index is -2.88. The summed E-state index contributed by atoms with van der Waals surface area (Å²) in [4.78, 5) is 40.2. The SMILES string of the molecule is NC(=O)[C@H](C(=O)Nc1ccc(N2CCOCC2=O)cc1C(F)F)N(C1CC1)C1CC1. The van der Waals surface area contributed by atoms with Gasteiger partial charge in [0.1, 0.15) is 6.61 Å². The van der Waals surface area contributed by atoms with Crippen LogP contribution in [0.1, 0.15) is 37.7 Å². The monoisotopic (exact) mass is 422 g/mol. The van der Waals surface area contributed by atoms with E-state index in [9.17, 15) is 23.2 Å². The Morgan fingerprint density at radius 3 is 2.40 bits per heavy atom. The van der Waals surface area contributed by atoms with E-state index in [1.54, 1.807) is 0 Å². The largest absolute Gasteiger partial charge is 0.370 e. The van der Waals surface area contributed by atoms with E-state index in [1.807, 2.05) is 4.90 Å². The quantitative estimate of drug-likeness (QED) is 0.617. The van der Waals surface area contributed by atoms with Crippen molar-refractivity contribution in [1.29, 1.82) is 0 Å². The van der Waals surface area contributed by atoms with E-state index in [0.717, 1.165) is 25.7 Å². The Balaban J connectivity index is 1.57. The summed E-state index contributed by atoms with van der Waals surface area (Å²) in [5.41, 5.74) is 5.30. The molecule has 8 nitrogen and oxygen atoms in total. The fourth-order valence-corrected chi connectivity index (χ4v) is 3.88. The Bertz CT molecular complexity index is 845. The Kier molecular flexibility index (Phi) is 5.70. The van der Waals surface area contributed by atoms with Gasteiger partial charge in [0, 0.05) is 35.6 Å². The zero-order valence-electron chi connectivity index (χ0n) is 16.4. The third-order valence-electron chi connectivity index (χ3n) is 5.58. The summed E-state index contributed by atoms with van der Waals surface area (Å²) in [6.07, 6.45) is 0.665. The van der Waals surface area contributed by atoms with Gasteiger partial charge in [-0.2, -0.15) is 0 Å². The van der Waals surface area contributed by atoms with Crippen molar-refractivity contribution in [3.8, 4) is 0 Å². The lowest BCUT2D eigenvalue weighted by molar-refractivity contribution is -0.133. The van der Waals surface area contributed by atoms with Crippen LogP contribution in [0.3, 0.4) is 0 Å². The highest BCUT2D eigenvalue weighted by atomic mass is 19.3. The van der Waals surface area contributed by atoms with E-state index in [1.165, 1.54) is 23.1 Å². The highest BCUT2D eigenvalue weighted by Gasteiger charge is 2.47. The highest BCUT2D eigenvalue weighted by Crippen LogP contribution is 2.39. The zero-order chi connectivity index (χ0) is 21.4. The molecule has 1 aromatic carbocycles. The van der Waals surface area contributed by atoms with Crippen molar-refractivity contribution in [1.82, 2.24) is 4.90 Å². The molecular weight excluding hydrogens is 398 g/mol. The minimum absolute atomic E-state index is 0.0998. The molecule has 10 heteroatoms. The number of nitrogens with two attached hydrogens (primary N) is 1. The van der Waals surface area contributed by atoms with Crippen molar-refractivity contribution in [3.63, 3.8) is 0 Å². The second-order valence-electron chi connectivity index (χ2n) is 7.87. The molecule has 3 amide bonds. The van der Waals surface area contributed by atoms with Crippen molar-refractivity contribution in [3.05, 3.63) is 23.8 Å². The van der Waals surface area contributed by atoms with Gasteiger partial charge in [0.05, 0.1) is 6.61 Å². The Hall–Kier alpha value is -2.59. The summed E-state index contributed by atoms with van der Waals surface area (Å²) in [5, 5.41) is 2.47. The number of halogens is 2. The Morgan fingerprint density at radius 2 is 1.87 bits per heavy atom. The van der Waals surface area contributed by atoms with E-state index >= 15 is 0 Å². The molecule has 162 valence electrons. The number of carbonyl (C=O) groups excluding carboxylic acids is 3. The number of benzene rings is 1. The predicted octanol–water partition coefficient (Wildman–Crippen LogP) is 1.41. The standard InChI is InChI=1S/C20H24F2N4O4/c21-18(22)14-9-13(25-7-8-30-10-16(25)27)5-6-15(14)24-20(29)17(19(23)28)26(11-1-2-11)12-3-4-12/h5-6,9,11-12,17-18H,1-4,7-8,10H2,(H2,23,28)(H,24,29)/t17-/m1/s1. The summed E-state index contributed by atoms with van der Waals surface area (Å²) in [5.74, 6) is -1.82. The molecule has 0 bridgehead atoms. The van der Waals surface area contributed by atoms with Crippen LogP contribution in [0.5, 0.6) is 0 Å². The molecular formula is C20H24F2N4O4. The van der Waals surface area contributed by atoms with Crippen LogP contribution in [-0.2, 0) is 19.1 Å². The summed E-state index contributed by atoms with van der Waals surface area (Å²) in [6, 6.07) is 3.06. The molecule has 1 heterocycles. The van der Waals surface area contributed by atoms with Gasteiger partial charge in [0.25, 0.3) is 18.2 Å². The molecule has 30 heavy (non-hydrogen) atoms. The lowest BCUT2D eigenvalue weighted by atomic mass is 10.1. The normalized spacial score (nSPS) is 20.5. The molecule has 0 spiro atoms. The summed E-state index contributed by atoms with van der Waals surface area (Å²) < 4.78 is 32.5. The maximum atomic E-state index is 13.7. The van der Waals surface area contributed by atoms with Gasteiger partial charge in [-0.05, 0) is 43.9 Å². The van der Waals surface area contributed by atoms with Gasteiger partial charge in [-0.25, -0.2) is 8.78 Å². The van der Waals surface area contributed by atoms with Crippen LogP contribution in [0, 0.1) is 0 Å². The van der Waals surface area contributed by atoms with Crippen molar-refractivity contribution < 1.29 is 27.9 Å². The van der Waals surface area contributed by atoms with E-state index in [0.29, 0.717) is 12.3 Å². The fourth-order valence-electron chi connectivity index (χ4n) is 3.88. The smallest absolute Gasteiger partial charge is 0.265 e. The van der Waals surface area contributed by atoms with Crippen LogP contribution in [0.25, 0.3) is 0 Å². The van der Waals surface area contributed by atoms with Crippen molar-refractivity contribution in [2.75, 3.05) is 30.0 Å². The number of rotatable bonds is 8. The second kappa shape index (κ2) is 8.27. The first-order chi connectivity index (χ1) is 14.4. The van der Waals surface area contributed by atoms with Crippen LogP contribution in [-0.4, -0.2) is 60.5 Å². The number of hydrogen-bond acceptors (Lipinski definition) is 5. The first-order valence-corrected chi connectivity index (χ1v) is 10.0. The minimum Gasteiger partial charge on any atom is -0.370 e. The number of primary amides is 1. The molecule has 3 fully saturated rings. The number of nitrogens with one attached hydrogen (secondary N) is 1. The number of ether oxygens (including phenoxy) is 1. The lowest BCUT2D eigenvalue weighted by Crippen LogP contribution is -2.54. The van der Waals surface area contributed by atoms with Gasteiger partial charge >= 0.3 is 0 Å². The summed E-state index contributed by atoms with van der Waals surface area (Å²) >= 11 is 0. The van der Waals surface area contributed by atoms with Gasteiger partial charge in [-0.3, -0.25) is 19.3 Å². The topological polar surface area (TPSA) is 105 Å². The Morgan fingerprint density at radius 1 is 1.20 bits per heavy atom. The molecule has 1 aliphatic heterocycles. The number of anilines is 2. The number of alkyl halides is 2. The number of carbonyl (C=O) groups is 3. The zero-order valence-corrected chi connectivity index (χ0v) is 16.4. The maximum Gasteiger partial charge on any atom is 0.265 e. The highest BCUT2D eigenvalue weighted by molar-refractivity contribution is 6.10. The molecule has 1 aromatic rings. The van der Waals surface area contributed by atoms with Crippen LogP contribution in [0.4, 0.5) is 20.2 Å². The second-order valence-corrected chi connectivity index (χ2v) is 7.87. The number of morpholine rings is 1. The first-order valence-electron chi connectivity index (χ1n) is 10.0. The van der Waals surface area contributed by atoms with E-state index in [2.05, 4.69) is 5.32 Å². The molecule has 0 aromatic heterocycles. The van der Waals surface area contributed by atoms with Crippen molar-refractivity contribution in [2.24, 2.45) is 5.73 Å². The van der Waals surface area contributed by atoms with E-state index in [-0.39, 0.29) is 36.8 Å². The average Bonchev–Trinajstić information content (AvgIpc) is 3.61. The molecule has 1 saturated heterocycles. The third kappa shape index (κ3) is 4.29. The van der Waals surface area contributed by atoms with E-state index < -0.39 is 29.8 Å². The van der Waals surface area contributed by atoms with Crippen LogP contribution < -0.4 is 16.0 Å². The molecule has 0 radical (unpaired) electrons. The first kappa shape index (κ1) is 20.7. The van der Waals surface area contributed by atoms with Gasteiger partial charge in [0.2, 0.25) is 5.91 Å². The van der Waals surface area contributed by atoms with Gasteiger partial charge < -0.3 is 20.7 Å². The molecule has 2 saturated carbocycles. The molecule has 4 rings (SSSR count). The Labute approximate surface area is 172 Å². The van der Waals surface area contributed by atoms with Crippen LogP contribution in [0.2, 0.25) is 0 Å². The maximum absolute atomic E-state index is 13.7. The predicted molar refractivity (Wildman–Crippen MR) is 104 cm³/mol. The lowest BCUT2D eigenvalue weighted by Gasteiger charge is -2.29. The molecule has 2 aliphatic carbocycles. The van der Waals surface area contributed by atoms with Gasteiger partial charge in [0.15, 0.2) is 6.04 Å². The average molecular weight is 422 g/mol. The van der Waals surface area contributed by atoms with E-state index in [4.69, 9.17) is 10.5 Å². The summed E-state index contributed by atoms with van der Waals surface area (Å²) in [7, 11) is 0. The fraction of sp³-hybridized carbons (Fsp3) is 0.550. The van der Waals surface area contributed by atoms with Gasteiger partial charge in [-0.1, -0.05) is 0 Å². The van der Waals surface area contributed by atoms with Crippen LogP contribution >= 0.6 is 0 Å². The van der Waals surface area contributed by atoms with Gasteiger partial charge in [-0.15, -0.1) is 0 Å². The number of hydrogen-bond donors (Lipinski definition) is 2. The third-order valence-corrected chi connectivity index (χ3v) is 5.58. The summed E-state index contributed by atoms with van der Waals surface area (Å²) in [6.45, 7) is 0.461. The number of amides is 3. The molecule has 3 aliphatic rings. The molecule has 0 unspecified atom stereocenters.